The summed E-state index contributed by atoms with van der Waals surface area (Å²) in [5.74, 6) is 0.241. The molecular formula is C14H13N3O. The van der Waals surface area contributed by atoms with Gasteiger partial charge in [-0.3, -0.25) is 4.68 Å². The molecular weight excluding hydrogens is 226 g/mol. The van der Waals surface area contributed by atoms with E-state index in [-0.39, 0.29) is 5.75 Å². The molecule has 0 atom stereocenters. The van der Waals surface area contributed by atoms with Crippen molar-refractivity contribution in [2.24, 2.45) is 7.05 Å². The average molecular weight is 239 g/mol. The first-order chi connectivity index (χ1) is 8.66. The molecule has 3 aromatic rings. The van der Waals surface area contributed by atoms with Crippen LogP contribution in [-0.2, 0) is 7.05 Å². The van der Waals surface area contributed by atoms with Crippen LogP contribution in [0.3, 0.4) is 0 Å². The maximum Gasteiger partial charge on any atom is 0.124 e. The SMILES string of the molecule is Cn1nc2ccc(N)cc2c1-c1ccccc1O. The predicted octanol–water partition coefficient (Wildman–Crippen LogP) is 2.53. The highest BCUT2D eigenvalue weighted by atomic mass is 16.3. The van der Waals surface area contributed by atoms with Crippen molar-refractivity contribution in [2.75, 3.05) is 5.73 Å². The fraction of sp³-hybridized carbons (Fsp3) is 0.0714. The Balaban J connectivity index is 2.38. The number of phenolic OH excluding ortho intramolecular Hbond substituents is 1. The van der Waals surface area contributed by atoms with Crippen LogP contribution in [0.1, 0.15) is 0 Å². The third-order valence-electron chi connectivity index (χ3n) is 3.02. The van der Waals surface area contributed by atoms with Crippen molar-refractivity contribution >= 4 is 16.6 Å². The lowest BCUT2D eigenvalue weighted by atomic mass is 10.1. The normalized spacial score (nSPS) is 10.9. The lowest BCUT2D eigenvalue weighted by Crippen LogP contribution is -1.93. The van der Waals surface area contributed by atoms with E-state index < -0.39 is 0 Å². The first-order valence-electron chi connectivity index (χ1n) is 5.67. The maximum absolute atomic E-state index is 9.96. The Morgan fingerprint density at radius 1 is 1.17 bits per heavy atom. The summed E-state index contributed by atoms with van der Waals surface area (Å²) in [4.78, 5) is 0. The van der Waals surface area contributed by atoms with Gasteiger partial charge in [0, 0.05) is 23.7 Å². The molecule has 4 nitrogen and oxygen atoms in total. The summed E-state index contributed by atoms with van der Waals surface area (Å²) in [5, 5.41) is 15.3. The van der Waals surface area contributed by atoms with Gasteiger partial charge in [0.1, 0.15) is 5.75 Å². The highest BCUT2D eigenvalue weighted by Crippen LogP contribution is 2.34. The van der Waals surface area contributed by atoms with Gasteiger partial charge in [-0.25, -0.2) is 0 Å². The van der Waals surface area contributed by atoms with Crippen molar-refractivity contribution in [3.05, 3.63) is 42.5 Å². The van der Waals surface area contributed by atoms with Crippen molar-refractivity contribution in [3.8, 4) is 17.0 Å². The van der Waals surface area contributed by atoms with Gasteiger partial charge in [0.15, 0.2) is 0 Å². The fourth-order valence-electron chi connectivity index (χ4n) is 2.21. The number of nitrogens with two attached hydrogens (primary N) is 1. The van der Waals surface area contributed by atoms with Crippen LogP contribution in [0.15, 0.2) is 42.5 Å². The van der Waals surface area contributed by atoms with Gasteiger partial charge in [-0.05, 0) is 30.3 Å². The van der Waals surface area contributed by atoms with E-state index in [0.29, 0.717) is 5.69 Å². The van der Waals surface area contributed by atoms with Crippen LogP contribution in [0.5, 0.6) is 5.75 Å². The molecule has 18 heavy (non-hydrogen) atoms. The van der Waals surface area contributed by atoms with Crippen molar-refractivity contribution < 1.29 is 5.11 Å². The molecule has 0 aliphatic heterocycles. The molecule has 0 amide bonds. The summed E-state index contributed by atoms with van der Waals surface area (Å²) in [7, 11) is 1.86. The van der Waals surface area contributed by atoms with Crippen molar-refractivity contribution in [2.45, 2.75) is 0 Å². The summed E-state index contributed by atoms with van der Waals surface area (Å²) in [6, 6.07) is 12.8. The molecule has 0 radical (unpaired) electrons. The number of fused-ring (bicyclic) bond motifs is 1. The van der Waals surface area contributed by atoms with Gasteiger partial charge in [-0.1, -0.05) is 12.1 Å². The number of nitrogens with zero attached hydrogens (tertiary/aromatic N) is 2. The Morgan fingerprint density at radius 3 is 2.72 bits per heavy atom. The standard InChI is InChI=1S/C14H13N3O/c1-17-14(10-4-2-3-5-13(10)18)11-8-9(15)6-7-12(11)16-17/h2-8,18H,15H2,1H3. The number of aromatic nitrogens is 2. The monoisotopic (exact) mass is 239 g/mol. The molecule has 0 fully saturated rings. The molecule has 0 unspecified atom stereocenters. The molecule has 3 N–H and O–H groups in total. The Bertz CT molecular complexity index is 731. The van der Waals surface area contributed by atoms with Gasteiger partial charge < -0.3 is 10.8 Å². The quantitative estimate of drug-likeness (QED) is 0.641. The minimum absolute atomic E-state index is 0.241. The molecule has 1 aromatic heterocycles. The summed E-state index contributed by atoms with van der Waals surface area (Å²) in [6.45, 7) is 0. The first kappa shape index (κ1) is 10.7. The van der Waals surface area contributed by atoms with E-state index in [1.165, 1.54) is 0 Å². The third-order valence-corrected chi connectivity index (χ3v) is 3.02. The predicted molar refractivity (Wildman–Crippen MR) is 72.2 cm³/mol. The largest absolute Gasteiger partial charge is 0.507 e. The smallest absolute Gasteiger partial charge is 0.124 e. The molecule has 3 rings (SSSR count). The number of para-hydroxylation sites is 1. The van der Waals surface area contributed by atoms with Gasteiger partial charge >= 0.3 is 0 Å². The van der Waals surface area contributed by atoms with Gasteiger partial charge in [0.25, 0.3) is 0 Å². The number of phenols is 1. The van der Waals surface area contributed by atoms with Crippen LogP contribution in [0.25, 0.3) is 22.2 Å². The summed E-state index contributed by atoms with van der Waals surface area (Å²) in [5.41, 5.74) is 9.00. The minimum Gasteiger partial charge on any atom is -0.507 e. The van der Waals surface area contributed by atoms with Crippen molar-refractivity contribution in [1.29, 1.82) is 0 Å². The third kappa shape index (κ3) is 1.50. The van der Waals surface area contributed by atoms with Gasteiger partial charge in [0.05, 0.1) is 11.2 Å². The first-order valence-corrected chi connectivity index (χ1v) is 5.67. The van der Waals surface area contributed by atoms with Crippen LogP contribution in [0.4, 0.5) is 5.69 Å². The zero-order chi connectivity index (χ0) is 12.7. The van der Waals surface area contributed by atoms with Crippen LogP contribution < -0.4 is 5.73 Å². The molecule has 4 heteroatoms. The minimum atomic E-state index is 0.241. The number of hydrogen-bond donors (Lipinski definition) is 2. The van der Waals surface area contributed by atoms with E-state index in [1.807, 2.05) is 37.4 Å². The second-order valence-electron chi connectivity index (χ2n) is 4.27. The van der Waals surface area contributed by atoms with E-state index in [1.54, 1.807) is 16.8 Å². The highest BCUT2D eigenvalue weighted by Gasteiger charge is 2.13. The number of aromatic hydroxyl groups is 1. The molecule has 0 saturated carbocycles. The van der Waals surface area contributed by atoms with Crippen LogP contribution >= 0.6 is 0 Å². The summed E-state index contributed by atoms with van der Waals surface area (Å²) < 4.78 is 1.76. The van der Waals surface area contributed by atoms with E-state index in [2.05, 4.69) is 5.10 Å². The molecule has 0 aliphatic rings. The van der Waals surface area contributed by atoms with Crippen LogP contribution in [0, 0.1) is 0 Å². The topological polar surface area (TPSA) is 64.1 Å². The molecule has 0 spiro atoms. The number of hydrogen-bond acceptors (Lipinski definition) is 3. The van der Waals surface area contributed by atoms with Crippen LogP contribution in [-0.4, -0.2) is 14.9 Å². The van der Waals surface area contributed by atoms with Gasteiger partial charge in [0.2, 0.25) is 0 Å². The molecule has 0 aliphatic carbocycles. The van der Waals surface area contributed by atoms with E-state index in [4.69, 9.17) is 5.73 Å². The fourth-order valence-corrected chi connectivity index (χ4v) is 2.21. The Kier molecular flexibility index (Phi) is 2.23. The van der Waals surface area contributed by atoms with E-state index in [0.717, 1.165) is 22.2 Å². The molecule has 90 valence electrons. The maximum atomic E-state index is 9.96. The molecule has 0 saturated heterocycles. The highest BCUT2D eigenvalue weighted by molar-refractivity contribution is 5.96. The zero-order valence-electron chi connectivity index (χ0n) is 9.96. The number of benzene rings is 2. The second kappa shape index (κ2) is 3.77. The summed E-state index contributed by atoms with van der Waals surface area (Å²) in [6.07, 6.45) is 0. The Hall–Kier alpha value is -2.49. The van der Waals surface area contributed by atoms with E-state index in [9.17, 15) is 5.11 Å². The lowest BCUT2D eigenvalue weighted by molar-refractivity contribution is 0.476. The molecule has 2 aromatic carbocycles. The van der Waals surface area contributed by atoms with Gasteiger partial charge in [-0.15, -0.1) is 0 Å². The number of aryl methyl sites for hydroxylation is 1. The van der Waals surface area contributed by atoms with Crippen molar-refractivity contribution in [3.63, 3.8) is 0 Å². The van der Waals surface area contributed by atoms with Crippen molar-refractivity contribution in [1.82, 2.24) is 9.78 Å². The Morgan fingerprint density at radius 2 is 1.94 bits per heavy atom. The number of anilines is 1. The number of nitrogen functional groups attached to an aromatic ring is 1. The molecule has 0 bridgehead atoms. The zero-order valence-corrected chi connectivity index (χ0v) is 9.96. The molecule has 1 heterocycles. The average Bonchev–Trinajstić information content (AvgIpc) is 2.66. The van der Waals surface area contributed by atoms with E-state index >= 15 is 0 Å². The van der Waals surface area contributed by atoms with Crippen LogP contribution in [0.2, 0.25) is 0 Å². The second-order valence-corrected chi connectivity index (χ2v) is 4.27. The lowest BCUT2D eigenvalue weighted by Gasteiger charge is -2.05. The number of rotatable bonds is 1. The van der Waals surface area contributed by atoms with Gasteiger partial charge in [-0.2, -0.15) is 5.10 Å². The Labute approximate surface area is 104 Å². The summed E-state index contributed by atoms with van der Waals surface area (Å²) >= 11 is 0.